The molecule has 0 heterocycles. The van der Waals surface area contributed by atoms with Crippen molar-refractivity contribution in [3.05, 3.63) is 23.2 Å². The zero-order chi connectivity index (χ0) is 12.0. The molecule has 0 unspecified atom stereocenters. The van der Waals surface area contributed by atoms with E-state index in [1.54, 1.807) is 18.2 Å². The van der Waals surface area contributed by atoms with Crippen LogP contribution in [0.5, 0.6) is 5.75 Å². The number of halogens is 1. The van der Waals surface area contributed by atoms with Crippen molar-refractivity contribution in [3.63, 3.8) is 0 Å². The summed E-state index contributed by atoms with van der Waals surface area (Å²) in [5.41, 5.74) is 0.591. The van der Waals surface area contributed by atoms with Gasteiger partial charge < -0.3 is 10.1 Å². The maximum absolute atomic E-state index is 11.3. The SMILES string of the molecule is COc1ccc(NC(=O)CCC#N)cc1Cl. The van der Waals surface area contributed by atoms with Crippen LogP contribution >= 0.6 is 11.6 Å². The molecule has 16 heavy (non-hydrogen) atoms. The van der Waals surface area contributed by atoms with E-state index in [4.69, 9.17) is 21.6 Å². The van der Waals surface area contributed by atoms with E-state index < -0.39 is 0 Å². The lowest BCUT2D eigenvalue weighted by Crippen LogP contribution is -2.10. The zero-order valence-electron chi connectivity index (χ0n) is 8.79. The normalized spacial score (nSPS) is 9.31. The van der Waals surface area contributed by atoms with Crippen LogP contribution in [0.3, 0.4) is 0 Å². The van der Waals surface area contributed by atoms with Crippen molar-refractivity contribution in [1.29, 1.82) is 5.26 Å². The van der Waals surface area contributed by atoms with Crippen LogP contribution in [0.25, 0.3) is 0 Å². The van der Waals surface area contributed by atoms with E-state index in [9.17, 15) is 4.79 Å². The third-order valence-corrected chi connectivity index (χ3v) is 2.19. The number of nitrogens with one attached hydrogen (secondary N) is 1. The first-order valence-corrected chi connectivity index (χ1v) is 5.05. The minimum atomic E-state index is -0.206. The number of carbonyl (C=O) groups excluding carboxylic acids is 1. The molecule has 1 aromatic carbocycles. The monoisotopic (exact) mass is 238 g/mol. The van der Waals surface area contributed by atoms with Crippen LogP contribution in [-0.2, 0) is 4.79 Å². The highest BCUT2D eigenvalue weighted by Crippen LogP contribution is 2.27. The Morgan fingerprint density at radius 2 is 2.38 bits per heavy atom. The van der Waals surface area contributed by atoms with Gasteiger partial charge in [0, 0.05) is 18.5 Å². The number of amides is 1. The fourth-order valence-electron chi connectivity index (χ4n) is 1.14. The molecule has 0 aliphatic rings. The van der Waals surface area contributed by atoms with E-state index in [2.05, 4.69) is 5.32 Å². The third-order valence-electron chi connectivity index (χ3n) is 1.90. The molecule has 0 aliphatic heterocycles. The van der Waals surface area contributed by atoms with Gasteiger partial charge in [-0.2, -0.15) is 5.26 Å². The predicted octanol–water partition coefficient (Wildman–Crippen LogP) is 2.59. The number of rotatable bonds is 4. The average molecular weight is 239 g/mol. The molecular formula is C11H11ClN2O2. The van der Waals surface area contributed by atoms with Gasteiger partial charge in [0.1, 0.15) is 5.75 Å². The molecule has 0 aliphatic carbocycles. The van der Waals surface area contributed by atoms with Gasteiger partial charge in [-0.3, -0.25) is 4.79 Å². The maximum atomic E-state index is 11.3. The average Bonchev–Trinajstić information content (AvgIpc) is 2.26. The van der Waals surface area contributed by atoms with E-state index in [0.29, 0.717) is 16.5 Å². The molecular weight excluding hydrogens is 228 g/mol. The smallest absolute Gasteiger partial charge is 0.225 e. The van der Waals surface area contributed by atoms with Gasteiger partial charge in [-0.15, -0.1) is 0 Å². The number of hydrogen-bond donors (Lipinski definition) is 1. The Bertz CT molecular complexity index is 426. The Morgan fingerprint density at radius 1 is 1.62 bits per heavy atom. The molecule has 0 radical (unpaired) electrons. The van der Waals surface area contributed by atoms with Crippen molar-refractivity contribution in [2.24, 2.45) is 0 Å². The lowest BCUT2D eigenvalue weighted by atomic mass is 10.2. The van der Waals surface area contributed by atoms with E-state index >= 15 is 0 Å². The first-order valence-electron chi connectivity index (χ1n) is 4.67. The summed E-state index contributed by atoms with van der Waals surface area (Å²) < 4.78 is 4.98. The fraction of sp³-hybridized carbons (Fsp3) is 0.273. The second-order valence-corrected chi connectivity index (χ2v) is 3.46. The number of ether oxygens (including phenoxy) is 1. The van der Waals surface area contributed by atoms with Crippen LogP contribution in [0.15, 0.2) is 18.2 Å². The molecule has 84 valence electrons. The number of methoxy groups -OCH3 is 1. The van der Waals surface area contributed by atoms with Crippen LogP contribution in [-0.4, -0.2) is 13.0 Å². The van der Waals surface area contributed by atoms with Crippen molar-refractivity contribution in [3.8, 4) is 11.8 Å². The molecule has 5 heteroatoms. The Balaban J connectivity index is 2.65. The number of carbonyl (C=O) groups is 1. The van der Waals surface area contributed by atoms with Gasteiger partial charge in [-0.25, -0.2) is 0 Å². The molecule has 1 aromatic rings. The molecule has 1 N–H and O–H groups in total. The van der Waals surface area contributed by atoms with Crippen molar-refractivity contribution in [2.75, 3.05) is 12.4 Å². The molecule has 0 aromatic heterocycles. The third kappa shape index (κ3) is 3.44. The summed E-state index contributed by atoms with van der Waals surface area (Å²) in [6, 6.07) is 6.87. The first-order chi connectivity index (χ1) is 7.67. The molecule has 0 bridgehead atoms. The molecule has 0 atom stereocenters. The topological polar surface area (TPSA) is 62.1 Å². The van der Waals surface area contributed by atoms with Crippen molar-refractivity contribution in [2.45, 2.75) is 12.8 Å². The van der Waals surface area contributed by atoms with Gasteiger partial charge in [0.05, 0.1) is 18.2 Å². The quantitative estimate of drug-likeness (QED) is 0.877. The summed E-state index contributed by atoms with van der Waals surface area (Å²) in [6.45, 7) is 0. The van der Waals surface area contributed by atoms with E-state index in [0.717, 1.165) is 0 Å². The Labute approximate surface area is 98.8 Å². The molecule has 4 nitrogen and oxygen atoms in total. The lowest BCUT2D eigenvalue weighted by Gasteiger charge is -2.07. The number of anilines is 1. The summed E-state index contributed by atoms with van der Waals surface area (Å²) in [7, 11) is 1.52. The minimum Gasteiger partial charge on any atom is -0.495 e. The van der Waals surface area contributed by atoms with Crippen molar-refractivity contribution in [1.82, 2.24) is 0 Å². The summed E-state index contributed by atoms with van der Waals surface area (Å²) in [5, 5.41) is 11.4. The maximum Gasteiger partial charge on any atom is 0.225 e. The Hall–Kier alpha value is -1.73. The molecule has 1 amide bonds. The number of benzene rings is 1. The first kappa shape index (κ1) is 12.3. The Kier molecular flexibility index (Phi) is 4.62. The second-order valence-electron chi connectivity index (χ2n) is 3.06. The standard InChI is InChI=1S/C11H11ClN2O2/c1-16-10-5-4-8(7-9(10)12)14-11(15)3-2-6-13/h4-5,7H,2-3H2,1H3,(H,14,15). The van der Waals surface area contributed by atoms with Gasteiger partial charge in [-0.1, -0.05) is 11.6 Å². The van der Waals surface area contributed by atoms with Crippen molar-refractivity contribution >= 4 is 23.2 Å². The summed E-state index contributed by atoms with van der Waals surface area (Å²) in [4.78, 5) is 11.3. The Morgan fingerprint density at radius 3 is 2.94 bits per heavy atom. The van der Waals surface area contributed by atoms with Gasteiger partial charge in [0.2, 0.25) is 5.91 Å². The van der Waals surface area contributed by atoms with Crippen LogP contribution in [0.2, 0.25) is 5.02 Å². The van der Waals surface area contributed by atoms with Gasteiger partial charge in [0.25, 0.3) is 0 Å². The molecule has 0 spiro atoms. The molecule has 0 saturated carbocycles. The largest absolute Gasteiger partial charge is 0.495 e. The number of nitrogens with zero attached hydrogens (tertiary/aromatic N) is 1. The van der Waals surface area contributed by atoms with Crippen LogP contribution in [0, 0.1) is 11.3 Å². The number of hydrogen-bond acceptors (Lipinski definition) is 3. The summed E-state index contributed by atoms with van der Waals surface area (Å²) >= 11 is 5.89. The van der Waals surface area contributed by atoms with E-state index in [1.165, 1.54) is 7.11 Å². The highest BCUT2D eigenvalue weighted by molar-refractivity contribution is 6.32. The van der Waals surface area contributed by atoms with Gasteiger partial charge >= 0.3 is 0 Å². The zero-order valence-corrected chi connectivity index (χ0v) is 9.54. The highest BCUT2D eigenvalue weighted by Gasteiger charge is 2.05. The molecule has 1 rings (SSSR count). The van der Waals surface area contributed by atoms with Gasteiger partial charge in [0.15, 0.2) is 0 Å². The number of nitriles is 1. The van der Waals surface area contributed by atoms with Crippen LogP contribution < -0.4 is 10.1 Å². The van der Waals surface area contributed by atoms with Crippen LogP contribution in [0.1, 0.15) is 12.8 Å². The van der Waals surface area contributed by atoms with E-state index in [1.807, 2.05) is 6.07 Å². The highest BCUT2D eigenvalue weighted by atomic mass is 35.5. The van der Waals surface area contributed by atoms with Gasteiger partial charge in [-0.05, 0) is 18.2 Å². The van der Waals surface area contributed by atoms with E-state index in [-0.39, 0.29) is 18.7 Å². The fourth-order valence-corrected chi connectivity index (χ4v) is 1.39. The van der Waals surface area contributed by atoms with Crippen LogP contribution in [0.4, 0.5) is 5.69 Å². The lowest BCUT2D eigenvalue weighted by molar-refractivity contribution is -0.116. The molecule has 0 fully saturated rings. The predicted molar refractivity (Wildman–Crippen MR) is 61.5 cm³/mol. The second kappa shape index (κ2) is 5.99. The summed E-state index contributed by atoms with van der Waals surface area (Å²) in [5.74, 6) is 0.347. The summed E-state index contributed by atoms with van der Waals surface area (Å²) in [6.07, 6.45) is 0.385. The molecule has 0 saturated heterocycles. The minimum absolute atomic E-state index is 0.181. The van der Waals surface area contributed by atoms with Crippen molar-refractivity contribution < 1.29 is 9.53 Å².